The van der Waals surface area contributed by atoms with Gasteiger partial charge in [0.2, 0.25) is 41.4 Å². The molecule has 6 atom stereocenters. The summed E-state index contributed by atoms with van der Waals surface area (Å²) in [5.41, 5.74) is -6.07. The van der Waals surface area contributed by atoms with Gasteiger partial charge in [0, 0.05) is 216 Å². The third-order valence-corrected chi connectivity index (χ3v) is 21.7. The number of ketones is 5. The lowest BCUT2D eigenvalue weighted by molar-refractivity contribution is -0.142. The Morgan fingerprint density at radius 2 is 0.736 bits per heavy atom. The van der Waals surface area contributed by atoms with Gasteiger partial charge in [-0.25, -0.2) is 0 Å². The molecule has 25 nitrogen and oxygen atoms in total. The van der Waals surface area contributed by atoms with E-state index in [1.165, 1.54) is 14.2 Å². The Bertz CT molecular complexity index is 2820. The molecule has 6 unspecified atom stereocenters. The summed E-state index contributed by atoms with van der Waals surface area (Å²) in [7, 11) is 18.4. The summed E-state index contributed by atoms with van der Waals surface area (Å²) in [5, 5.41) is 14.7. The van der Waals surface area contributed by atoms with Crippen molar-refractivity contribution in [1.82, 2.24) is 56.0 Å². The predicted molar refractivity (Wildman–Crippen MR) is 440 cm³/mol. The lowest BCUT2D eigenvalue weighted by Gasteiger charge is -2.36. The molecule has 0 aliphatic heterocycles. The zero-order chi connectivity index (χ0) is 84.5. The number of likely N-dealkylation sites (N-methyl/N-ethyl adjacent to an activating group) is 6. The summed E-state index contributed by atoms with van der Waals surface area (Å²) in [6.07, 6.45) is 3.37. The summed E-state index contributed by atoms with van der Waals surface area (Å²) in [4.78, 5) is 187. The van der Waals surface area contributed by atoms with Crippen molar-refractivity contribution in [2.75, 3.05) is 169 Å². The second kappa shape index (κ2) is 52.7. The SMILES string of the molecule is CCCCNC(=O)C(CC(=O)N(C)CCN(C)CCN(C)C)CC(C)(C)C(=O)CC(CC(C)(C)CC(=O)C(CC(=O)NCCCC(C)C)CC(C)(C)C(=O)CC(CC(C)(C)C(=O)C(CC(=O)NCCOC)CC(C)(C)C(=O)CC(CC)C(=O)NCCOC)C(=O)NCCCC(C)C)C(=O)N(C)CCN(C)CCN(C)C. The maximum absolute atomic E-state index is 15.5. The van der Waals surface area contributed by atoms with Crippen LogP contribution in [0.15, 0.2) is 0 Å². The lowest BCUT2D eigenvalue weighted by atomic mass is 9.67. The van der Waals surface area contributed by atoms with Crippen LogP contribution in [0.25, 0.3) is 0 Å². The molecule has 0 bridgehead atoms. The van der Waals surface area contributed by atoms with E-state index in [2.05, 4.69) is 73.9 Å². The van der Waals surface area contributed by atoms with Crippen molar-refractivity contribution in [1.29, 1.82) is 0 Å². The number of nitrogens with zero attached hydrogens (tertiary/aromatic N) is 6. The highest BCUT2D eigenvalue weighted by molar-refractivity contribution is 5.96. The first kappa shape index (κ1) is 104. The van der Waals surface area contributed by atoms with Crippen LogP contribution in [0.5, 0.6) is 0 Å². The molecule has 5 N–H and O–H groups in total. The molecule has 0 aromatic rings. The van der Waals surface area contributed by atoms with E-state index in [0.29, 0.717) is 83.5 Å². The average molecular weight is 1560 g/mol. The smallest absolute Gasteiger partial charge is 0.225 e. The topological polar surface area (TPSA) is 303 Å². The summed E-state index contributed by atoms with van der Waals surface area (Å²) in [6, 6.07) is 0. The summed E-state index contributed by atoms with van der Waals surface area (Å²) in [5.74, 6) is -8.86. The van der Waals surface area contributed by atoms with E-state index in [1.54, 1.807) is 79.3 Å². The zero-order valence-electron chi connectivity index (χ0n) is 74.1. The second-order valence-corrected chi connectivity index (χ2v) is 36.6. The minimum absolute atomic E-state index is 0.0373. The molecule has 0 spiro atoms. The van der Waals surface area contributed by atoms with Crippen molar-refractivity contribution in [2.24, 2.45) is 74.4 Å². The van der Waals surface area contributed by atoms with Gasteiger partial charge in [-0.15, -0.1) is 0 Å². The molecule has 110 heavy (non-hydrogen) atoms. The Morgan fingerprint density at radius 1 is 0.373 bits per heavy atom. The van der Waals surface area contributed by atoms with Gasteiger partial charge in [-0.2, -0.15) is 0 Å². The quantitative estimate of drug-likeness (QED) is 0.0354. The number of carbonyl (C=O) groups excluding carboxylic acids is 12. The van der Waals surface area contributed by atoms with E-state index in [1.807, 2.05) is 70.0 Å². The van der Waals surface area contributed by atoms with Crippen LogP contribution in [0.4, 0.5) is 0 Å². The fourth-order valence-corrected chi connectivity index (χ4v) is 14.0. The number of amides is 7. The molecular weight excluding hydrogens is 1400 g/mol. The van der Waals surface area contributed by atoms with E-state index in [0.717, 1.165) is 51.9 Å². The maximum Gasteiger partial charge on any atom is 0.225 e. The number of carbonyl (C=O) groups is 12. The number of nitrogens with one attached hydrogen (secondary N) is 5. The molecule has 0 aliphatic carbocycles. The predicted octanol–water partition coefficient (Wildman–Crippen LogP) is 9.20. The number of rotatable bonds is 64. The molecule has 25 heteroatoms. The van der Waals surface area contributed by atoms with Gasteiger partial charge >= 0.3 is 0 Å². The Labute approximate surface area is 666 Å². The van der Waals surface area contributed by atoms with Gasteiger partial charge in [-0.05, 0) is 130 Å². The minimum atomic E-state index is -1.36. The van der Waals surface area contributed by atoms with Gasteiger partial charge in [0.15, 0.2) is 0 Å². The fraction of sp³-hybridized carbons (Fsp3) is 0.859. The molecular formula is C85H159N11O14. The summed E-state index contributed by atoms with van der Waals surface area (Å²) in [6.45, 7) is 36.9. The molecule has 7 amide bonds. The molecule has 0 fully saturated rings. The van der Waals surface area contributed by atoms with Crippen molar-refractivity contribution >= 4 is 70.3 Å². The van der Waals surface area contributed by atoms with Gasteiger partial charge in [0.05, 0.1) is 13.2 Å². The zero-order valence-corrected chi connectivity index (χ0v) is 74.1. The lowest BCUT2D eigenvalue weighted by Crippen LogP contribution is -2.44. The van der Waals surface area contributed by atoms with E-state index in [-0.39, 0.29) is 155 Å². The maximum atomic E-state index is 15.5. The van der Waals surface area contributed by atoms with Crippen molar-refractivity contribution in [3.8, 4) is 0 Å². The van der Waals surface area contributed by atoms with Crippen LogP contribution in [0.1, 0.15) is 233 Å². The Morgan fingerprint density at radius 3 is 1.19 bits per heavy atom. The number of ether oxygens (including phenoxy) is 2. The highest BCUT2D eigenvalue weighted by Crippen LogP contribution is 2.42. The van der Waals surface area contributed by atoms with E-state index in [9.17, 15) is 33.6 Å². The summed E-state index contributed by atoms with van der Waals surface area (Å²) < 4.78 is 10.3. The Balaban J connectivity index is 7.89. The van der Waals surface area contributed by atoms with Crippen LogP contribution < -0.4 is 26.6 Å². The summed E-state index contributed by atoms with van der Waals surface area (Å²) >= 11 is 0. The Kier molecular flexibility index (Phi) is 50.0. The van der Waals surface area contributed by atoms with Crippen molar-refractivity contribution < 1.29 is 67.0 Å². The molecule has 0 rings (SSSR count). The van der Waals surface area contributed by atoms with Gasteiger partial charge in [0.1, 0.15) is 28.9 Å². The number of Topliss-reactive ketones (excluding diaryl/α,β-unsaturated/α-hetero) is 5. The first-order valence-electron chi connectivity index (χ1n) is 41.2. The first-order valence-corrected chi connectivity index (χ1v) is 41.2. The number of unbranched alkanes of at least 4 members (excludes halogenated alkanes) is 1. The van der Waals surface area contributed by atoms with Crippen molar-refractivity contribution in [2.45, 2.75) is 233 Å². The minimum Gasteiger partial charge on any atom is -0.383 e. The monoisotopic (exact) mass is 1560 g/mol. The van der Waals surface area contributed by atoms with Crippen molar-refractivity contribution in [3.63, 3.8) is 0 Å². The highest BCUT2D eigenvalue weighted by atomic mass is 16.5. The first-order chi connectivity index (χ1) is 51.0. The second-order valence-electron chi connectivity index (χ2n) is 36.6. The molecule has 0 saturated heterocycles. The molecule has 0 aliphatic rings. The number of hydrogen-bond donors (Lipinski definition) is 5. The highest BCUT2D eigenvalue weighted by Gasteiger charge is 2.46. The van der Waals surface area contributed by atoms with Crippen LogP contribution in [-0.4, -0.2) is 269 Å². The normalized spacial score (nSPS) is 14.1. The van der Waals surface area contributed by atoms with Gasteiger partial charge in [-0.3, -0.25) is 57.5 Å². The van der Waals surface area contributed by atoms with Crippen LogP contribution in [-0.2, 0) is 67.0 Å². The number of hydrogen-bond acceptors (Lipinski definition) is 18. The van der Waals surface area contributed by atoms with Crippen LogP contribution in [0, 0.1) is 74.4 Å². The third kappa shape index (κ3) is 43.6. The molecule has 0 aromatic heterocycles. The molecule has 0 radical (unpaired) electrons. The molecule has 0 aromatic carbocycles. The molecule has 0 saturated carbocycles. The standard InChI is InChI=1S/C85H159N11O14/c1-27-29-34-88-79(107)67(54-75(103)95(23)45-43-93(21)41-39-91(17)18)58-84(13,14)72(100)51-68(80(108)96(24)46-44-94(22)42-40-92(19)20)55-81(7,8)60-69(97)64(52-73(101)86-35-30-32-61(3)4)56-82(9,10)71(99)50-66(78(106)89-36-31-33-62(5)6)59-85(15,16)76(104)65(53-74(102)87-37-47-109-25)57-83(11,12)70(98)49-63(28-2)77(105)90-38-48-110-26/h61-68H,27-60H2,1-26H3,(H,86,101)(H,87,102)(H,88,107)(H,89,106)(H,90,105). The van der Waals surface area contributed by atoms with Crippen LogP contribution >= 0.6 is 0 Å². The van der Waals surface area contributed by atoms with Gasteiger partial charge < -0.3 is 65.5 Å². The van der Waals surface area contributed by atoms with Gasteiger partial charge in [-0.1, -0.05) is 117 Å². The van der Waals surface area contributed by atoms with E-state index < -0.39 is 74.4 Å². The van der Waals surface area contributed by atoms with Crippen LogP contribution in [0.2, 0.25) is 0 Å². The average Bonchev–Trinajstić information content (AvgIpc) is 0.810. The van der Waals surface area contributed by atoms with E-state index >= 15 is 24.0 Å². The van der Waals surface area contributed by atoms with Crippen LogP contribution in [0.3, 0.4) is 0 Å². The third-order valence-electron chi connectivity index (χ3n) is 21.7. The number of methoxy groups -OCH3 is 2. The molecule has 638 valence electrons. The van der Waals surface area contributed by atoms with E-state index in [4.69, 9.17) is 9.47 Å². The fourth-order valence-electron chi connectivity index (χ4n) is 14.0. The van der Waals surface area contributed by atoms with Gasteiger partial charge in [0.25, 0.3) is 0 Å². The Hall–Kier alpha value is -5.60. The largest absolute Gasteiger partial charge is 0.383 e. The molecule has 0 heterocycles. The van der Waals surface area contributed by atoms with Crippen molar-refractivity contribution in [3.05, 3.63) is 0 Å².